The third kappa shape index (κ3) is 3.13. The van der Waals surface area contributed by atoms with Crippen molar-refractivity contribution < 1.29 is 0 Å². The van der Waals surface area contributed by atoms with Gasteiger partial charge in [-0.05, 0) is 75.2 Å². The van der Waals surface area contributed by atoms with Crippen LogP contribution in [0.4, 0.5) is 0 Å². The first-order valence-corrected chi connectivity index (χ1v) is 8.21. The van der Waals surface area contributed by atoms with Crippen LogP contribution in [0.1, 0.15) is 0 Å². The van der Waals surface area contributed by atoms with E-state index in [0.717, 1.165) is 4.47 Å². The maximum absolute atomic E-state index is 3.48. The molecule has 3 aromatic rings. The van der Waals surface area contributed by atoms with Gasteiger partial charge in [-0.1, -0.05) is 58.4 Å². The minimum atomic E-state index is 1.11. The quantitative estimate of drug-likeness (QED) is 0.410. The molecular formula is C18H12BrI. The summed E-state index contributed by atoms with van der Waals surface area (Å²) in [6.45, 7) is 0. The van der Waals surface area contributed by atoms with E-state index in [1.54, 1.807) is 0 Å². The van der Waals surface area contributed by atoms with E-state index in [1.165, 1.54) is 25.8 Å². The maximum atomic E-state index is 3.48. The van der Waals surface area contributed by atoms with Gasteiger partial charge < -0.3 is 0 Å². The molecule has 0 spiro atoms. The molecule has 0 bridgehead atoms. The van der Waals surface area contributed by atoms with Gasteiger partial charge in [0.25, 0.3) is 0 Å². The van der Waals surface area contributed by atoms with Gasteiger partial charge in [0.15, 0.2) is 0 Å². The molecule has 0 atom stereocenters. The van der Waals surface area contributed by atoms with Crippen LogP contribution in [-0.4, -0.2) is 0 Å². The van der Waals surface area contributed by atoms with Gasteiger partial charge in [-0.15, -0.1) is 0 Å². The number of halogens is 2. The van der Waals surface area contributed by atoms with Crippen LogP contribution in [0, 0.1) is 3.57 Å². The number of benzene rings is 3. The molecule has 0 aliphatic heterocycles. The molecule has 0 aromatic heterocycles. The van der Waals surface area contributed by atoms with Crippen LogP contribution in [0.2, 0.25) is 0 Å². The molecule has 0 N–H and O–H groups in total. The fraction of sp³-hybridized carbons (Fsp3) is 0. The first-order valence-electron chi connectivity index (χ1n) is 6.34. The summed E-state index contributed by atoms with van der Waals surface area (Å²) in [6.07, 6.45) is 0. The summed E-state index contributed by atoms with van der Waals surface area (Å²) in [7, 11) is 0. The smallest absolute Gasteiger partial charge is 0.0175 e. The van der Waals surface area contributed by atoms with E-state index in [-0.39, 0.29) is 0 Å². The minimum Gasteiger partial charge on any atom is -0.0610 e. The number of hydrogen-bond donors (Lipinski definition) is 0. The summed E-state index contributed by atoms with van der Waals surface area (Å²) in [4.78, 5) is 0. The van der Waals surface area contributed by atoms with Crippen LogP contribution in [0.5, 0.6) is 0 Å². The van der Waals surface area contributed by atoms with Crippen molar-refractivity contribution in [2.75, 3.05) is 0 Å². The monoisotopic (exact) mass is 434 g/mol. The van der Waals surface area contributed by atoms with Gasteiger partial charge in [0.1, 0.15) is 0 Å². The van der Waals surface area contributed by atoms with Crippen molar-refractivity contribution in [3.05, 3.63) is 80.8 Å². The Bertz CT molecular complexity index is 654. The third-order valence-electron chi connectivity index (χ3n) is 3.22. The first-order chi connectivity index (χ1) is 9.72. The molecule has 98 valence electrons. The summed E-state index contributed by atoms with van der Waals surface area (Å²) < 4.78 is 2.37. The van der Waals surface area contributed by atoms with Crippen LogP contribution in [-0.2, 0) is 0 Å². The Hall–Kier alpha value is -1.13. The highest BCUT2D eigenvalue weighted by Crippen LogP contribution is 2.27. The van der Waals surface area contributed by atoms with Gasteiger partial charge in [0.2, 0.25) is 0 Å². The second-order valence-corrected chi connectivity index (χ2v) is 6.76. The maximum Gasteiger partial charge on any atom is 0.0175 e. The van der Waals surface area contributed by atoms with Crippen molar-refractivity contribution >= 4 is 38.5 Å². The Labute approximate surface area is 141 Å². The SMILES string of the molecule is Brc1ccc(-c2cccc(-c3ccc(I)cc3)c2)cc1. The molecule has 0 nitrogen and oxygen atoms in total. The zero-order valence-electron chi connectivity index (χ0n) is 10.7. The lowest BCUT2D eigenvalue weighted by Gasteiger charge is -2.06. The van der Waals surface area contributed by atoms with Crippen LogP contribution < -0.4 is 0 Å². The molecule has 3 rings (SSSR count). The topological polar surface area (TPSA) is 0 Å². The van der Waals surface area contributed by atoms with Gasteiger partial charge in [-0.2, -0.15) is 0 Å². The molecule has 0 aliphatic rings. The predicted molar refractivity (Wildman–Crippen MR) is 97.7 cm³/mol. The summed E-state index contributed by atoms with van der Waals surface area (Å²) in [5.74, 6) is 0. The molecule has 2 heteroatoms. The fourth-order valence-corrected chi connectivity index (χ4v) is 2.79. The first kappa shape index (κ1) is 13.8. The molecular weight excluding hydrogens is 423 g/mol. The van der Waals surface area contributed by atoms with Crippen LogP contribution >= 0.6 is 38.5 Å². The highest BCUT2D eigenvalue weighted by atomic mass is 127. The highest BCUT2D eigenvalue weighted by molar-refractivity contribution is 14.1. The largest absolute Gasteiger partial charge is 0.0610 e. The predicted octanol–water partition coefficient (Wildman–Crippen LogP) is 6.39. The zero-order valence-corrected chi connectivity index (χ0v) is 14.4. The Morgan fingerprint density at radius 1 is 0.600 bits per heavy atom. The van der Waals surface area contributed by atoms with E-state index in [1.807, 2.05) is 0 Å². The molecule has 3 aromatic carbocycles. The summed E-state index contributed by atoms with van der Waals surface area (Å²) >= 11 is 5.81. The Kier molecular flexibility index (Phi) is 4.22. The Balaban J connectivity index is 2.01. The number of hydrogen-bond acceptors (Lipinski definition) is 0. The lowest BCUT2D eigenvalue weighted by Crippen LogP contribution is -1.81. The van der Waals surface area contributed by atoms with Crippen molar-refractivity contribution in [2.45, 2.75) is 0 Å². The van der Waals surface area contributed by atoms with Crippen molar-refractivity contribution in [3.63, 3.8) is 0 Å². The van der Waals surface area contributed by atoms with E-state index in [2.05, 4.69) is 111 Å². The highest BCUT2D eigenvalue weighted by Gasteiger charge is 2.01. The molecule has 0 saturated heterocycles. The van der Waals surface area contributed by atoms with Gasteiger partial charge in [0.05, 0.1) is 0 Å². The van der Waals surface area contributed by atoms with Crippen LogP contribution in [0.25, 0.3) is 22.3 Å². The van der Waals surface area contributed by atoms with Crippen LogP contribution in [0.15, 0.2) is 77.3 Å². The number of rotatable bonds is 2. The molecule has 0 amide bonds. The summed E-state index contributed by atoms with van der Waals surface area (Å²) in [6, 6.07) is 25.7. The Morgan fingerprint density at radius 2 is 1.10 bits per heavy atom. The standard InChI is InChI=1S/C18H12BrI/c19-17-8-4-13(5-9-17)15-2-1-3-16(12-15)14-6-10-18(20)11-7-14/h1-12H. The van der Waals surface area contributed by atoms with Crippen molar-refractivity contribution in [3.8, 4) is 22.3 Å². The molecule has 20 heavy (non-hydrogen) atoms. The average molecular weight is 435 g/mol. The van der Waals surface area contributed by atoms with Gasteiger partial charge in [-0.25, -0.2) is 0 Å². The second-order valence-electron chi connectivity index (χ2n) is 4.59. The van der Waals surface area contributed by atoms with Crippen molar-refractivity contribution in [1.29, 1.82) is 0 Å². The molecule has 0 aliphatic carbocycles. The lowest BCUT2D eigenvalue weighted by molar-refractivity contribution is 1.56. The van der Waals surface area contributed by atoms with Gasteiger partial charge in [0, 0.05) is 8.04 Å². The molecule has 0 heterocycles. The van der Waals surface area contributed by atoms with E-state index in [0.29, 0.717) is 0 Å². The summed E-state index contributed by atoms with van der Waals surface area (Å²) in [5.41, 5.74) is 4.99. The van der Waals surface area contributed by atoms with E-state index in [4.69, 9.17) is 0 Å². The second kappa shape index (κ2) is 6.10. The van der Waals surface area contributed by atoms with Crippen molar-refractivity contribution in [1.82, 2.24) is 0 Å². The average Bonchev–Trinajstić information content (AvgIpc) is 2.49. The van der Waals surface area contributed by atoms with E-state index >= 15 is 0 Å². The van der Waals surface area contributed by atoms with E-state index < -0.39 is 0 Å². The molecule has 0 unspecified atom stereocenters. The third-order valence-corrected chi connectivity index (χ3v) is 4.47. The van der Waals surface area contributed by atoms with Crippen molar-refractivity contribution in [2.24, 2.45) is 0 Å². The normalized spacial score (nSPS) is 10.5. The zero-order chi connectivity index (χ0) is 13.9. The lowest BCUT2D eigenvalue weighted by atomic mass is 9.99. The summed E-state index contributed by atoms with van der Waals surface area (Å²) in [5, 5.41) is 0. The molecule has 0 radical (unpaired) electrons. The fourth-order valence-electron chi connectivity index (χ4n) is 2.16. The molecule has 0 saturated carbocycles. The van der Waals surface area contributed by atoms with Gasteiger partial charge in [-0.3, -0.25) is 0 Å². The Morgan fingerprint density at radius 3 is 1.65 bits per heavy atom. The minimum absolute atomic E-state index is 1.11. The van der Waals surface area contributed by atoms with Gasteiger partial charge >= 0.3 is 0 Å². The van der Waals surface area contributed by atoms with E-state index in [9.17, 15) is 0 Å². The molecule has 0 fully saturated rings. The van der Waals surface area contributed by atoms with Crippen LogP contribution in [0.3, 0.4) is 0 Å².